The SMILES string of the molecule is CS(=O)(=O)NC(=O)CSc1nc(C(F)(F)F)cc(=O)[nH]1. The lowest BCUT2D eigenvalue weighted by Gasteiger charge is -2.07. The fourth-order valence-electron chi connectivity index (χ4n) is 1.02. The first-order valence-corrected chi connectivity index (χ1v) is 7.67. The maximum absolute atomic E-state index is 12.4. The molecule has 0 radical (unpaired) electrons. The van der Waals surface area contributed by atoms with Gasteiger partial charge in [0.1, 0.15) is 0 Å². The van der Waals surface area contributed by atoms with Crippen molar-refractivity contribution >= 4 is 27.7 Å². The van der Waals surface area contributed by atoms with Crippen LogP contribution < -0.4 is 10.3 Å². The van der Waals surface area contributed by atoms with Crippen molar-refractivity contribution in [2.75, 3.05) is 12.0 Å². The summed E-state index contributed by atoms with van der Waals surface area (Å²) in [5.41, 5.74) is -2.43. The predicted octanol–water partition coefficient (Wildman–Crippen LogP) is -0.0434. The number of hydrogen-bond acceptors (Lipinski definition) is 6. The number of sulfonamides is 1. The van der Waals surface area contributed by atoms with Crippen LogP contribution in [-0.4, -0.2) is 36.3 Å². The zero-order chi connectivity index (χ0) is 15.6. The van der Waals surface area contributed by atoms with E-state index in [9.17, 15) is 31.2 Å². The molecule has 0 aliphatic heterocycles. The number of alkyl halides is 3. The number of aromatic nitrogens is 2. The standard InChI is InChI=1S/C8H8F3N3O4S2/c1-20(17,18)14-6(16)3-19-7-12-4(8(9,10)11)2-5(15)13-7/h2H,3H2,1H3,(H,14,16)(H,12,13,15). The van der Waals surface area contributed by atoms with Gasteiger partial charge in [-0.05, 0) is 0 Å². The summed E-state index contributed by atoms with van der Waals surface area (Å²) in [5.74, 6) is -1.46. The first-order valence-electron chi connectivity index (χ1n) is 4.79. The van der Waals surface area contributed by atoms with Crippen molar-refractivity contribution in [3.8, 4) is 0 Å². The van der Waals surface area contributed by atoms with Crippen molar-refractivity contribution in [3.05, 3.63) is 22.1 Å². The Balaban J connectivity index is 2.82. The Bertz CT molecular complexity index is 668. The Labute approximate surface area is 115 Å². The second kappa shape index (κ2) is 5.83. The molecule has 0 spiro atoms. The number of halogens is 3. The maximum atomic E-state index is 12.4. The Morgan fingerprint density at radius 2 is 2.10 bits per heavy atom. The number of carbonyl (C=O) groups excluding carboxylic acids is 1. The van der Waals surface area contributed by atoms with Gasteiger partial charge in [-0.3, -0.25) is 14.3 Å². The van der Waals surface area contributed by atoms with Gasteiger partial charge in [-0.15, -0.1) is 0 Å². The lowest BCUT2D eigenvalue weighted by molar-refractivity contribution is -0.141. The zero-order valence-electron chi connectivity index (χ0n) is 9.82. The van der Waals surface area contributed by atoms with E-state index in [1.165, 1.54) is 0 Å². The minimum absolute atomic E-state index is 0.278. The lowest BCUT2D eigenvalue weighted by atomic mass is 10.4. The molecule has 0 aromatic carbocycles. The van der Waals surface area contributed by atoms with E-state index in [1.807, 2.05) is 4.98 Å². The minimum atomic E-state index is -4.79. The third kappa shape index (κ3) is 5.61. The first-order chi connectivity index (χ1) is 8.97. The van der Waals surface area contributed by atoms with Gasteiger partial charge in [0.2, 0.25) is 15.9 Å². The number of nitrogens with zero attached hydrogens (tertiary/aromatic N) is 1. The van der Waals surface area contributed by atoms with Gasteiger partial charge < -0.3 is 4.98 Å². The van der Waals surface area contributed by atoms with Crippen LogP contribution in [0, 0.1) is 0 Å². The molecule has 1 aromatic heterocycles. The summed E-state index contributed by atoms with van der Waals surface area (Å²) in [5, 5.41) is -0.437. The molecule has 0 saturated heterocycles. The maximum Gasteiger partial charge on any atom is 0.433 e. The first kappa shape index (κ1) is 16.5. The second-order valence-electron chi connectivity index (χ2n) is 3.52. The molecule has 0 saturated carbocycles. The van der Waals surface area contributed by atoms with Crippen molar-refractivity contribution in [1.82, 2.24) is 14.7 Å². The third-order valence-electron chi connectivity index (χ3n) is 1.65. The number of aromatic amines is 1. The molecular formula is C8H8F3N3O4S2. The van der Waals surface area contributed by atoms with E-state index >= 15 is 0 Å². The molecule has 0 aliphatic carbocycles. The summed E-state index contributed by atoms with van der Waals surface area (Å²) >= 11 is 0.471. The summed E-state index contributed by atoms with van der Waals surface area (Å²) < 4.78 is 60.2. The van der Waals surface area contributed by atoms with Gasteiger partial charge in [-0.2, -0.15) is 13.2 Å². The topological polar surface area (TPSA) is 109 Å². The zero-order valence-corrected chi connectivity index (χ0v) is 11.4. The molecule has 1 aromatic rings. The smallest absolute Gasteiger partial charge is 0.301 e. The third-order valence-corrected chi connectivity index (χ3v) is 3.12. The molecule has 1 rings (SSSR count). The lowest BCUT2D eigenvalue weighted by Crippen LogP contribution is -2.30. The highest BCUT2D eigenvalue weighted by molar-refractivity contribution is 8.00. The number of hydrogen-bond donors (Lipinski definition) is 2. The molecular weight excluding hydrogens is 323 g/mol. The second-order valence-corrected chi connectivity index (χ2v) is 6.23. The number of carbonyl (C=O) groups is 1. The van der Waals surface area contributed by atoms with Crippen molar-refractivity contribution in [2.45, 2.75) is 11.3 Å². The van der Waals surface area contributed by atoms with Gasteiger partial charge in [0.25, 0.3) is 5.56 Å². The highest BCUT2D eigenvalue weighted by atomic mass is 32.2. The van der Waals surface area contributed by atoms with E-state index in [-0.39, 0.29) is 6.07 Å². The normalized spacial score (nSPS) is 12.2. The fourth-order valence-corrected chi connectivity index (χ4v) is 2.27. The van der Waals surface area contributed by atoms with Crippen LogP contribution in [0.25, 0.3) is 0 Å². The Morgan fingerprint density at radius 1 is 1.50 bits per heavy atom. The van der Waals surface area contributed by atoms with E-state index in [0.717, 1.165) is 6.26 Å². The van der Waals surface area contributed by atoms with Gasteiger partial charge in [0.15, 0.2) is 10.9 Å². The summed E-state index contributed by atoms with van der Waals surface area (Å²) in [7, 11) is -3.75. The van der Waals surface area contributed by atoms with Crippen LogP contribution in [0.3, 0.4) is 0 Å². The largest absolute Gasteiger partial charge is 0.433 e. The van der Waals surface area contributed by atoms with E-state index < -0.39 is 44.3 Å². The average Bonchev–Trinajstić information content (AvgIpc) is 2.22. The number of H-pyrrole nitrogens is 1. The van der Waals surface area contributed by atoms with Gasteiger partial charge in [0, 0.05) is 6.07 Å². The number of amides is 1. The van der Waals surface area contributed by atoms with Crippen LogP contribution in [0.2, 0.25) is 0 Å². The molecule has 7 nitrogen and oxygen atoms in total. The Hall–Kier alpha value is -1.56. The van der Waals surface area contributed by atoms with Crippen molar-refractivity contribution in [1.29, 1.82) is 0 Å². The van der Waals surface area contributed by atoms with Crippen LogP contribution in [0.1, 0.15) is 5.69 Å². The molecule has 12 heteroatoms. The van der Waals surface area contributed by atoms with E-state index in [1.54, 1.807) is 4.72 Å². The molecule has 0 aliphatic rings. The van der Waals surface area contributed by atoms with E-state index in [0.29, 0.717) is 11.8 Å². The van der Waals surface area contributed by atoms with Crippen molar-refractivity contribution in [3.63, 3.8) is 0 Å². The summed E-state index contributed by atoms with van der Waals surface area (Å²) in [6.07, 6.45) is -4.04. The van der Waals surface area contributed by atoms with Gasteiger partial charge in [0.05, 0.1) is 12.0 Å². The highest BCUT2D eigenvalue weighted by Gasteiger charge is 2.33. The molecule has 0 atom stereocenters. The summed E-state index contributed by atoms with van der Waals surface area (Å²) in [4.78, 5) is 27.3. The van der Waals surface area contributed by atoms with Crippen molar-refractivity contribution in [2.24, 2.45) is 0 Å². The molecule has 112 valence electrons. The monoisotopic (exact) mass is 331 g/mol. The van der Waals surface area contributed by atoms with Gasteiger partial charge >= 0.3 is 6.18 Å². The number of rotatable bonds is 4. The van der Waals surface area contributed by atoms with Crippen LogP contribution >= 0.6 is 11.8 Å². The molecule has 20 heavy (non-hydrogen) atoms. The van der Waals surface area contributed by atoms with E-state index in [2.05, 4.69) is 4.98 Å². The summed E-state index contributed by atoms with van der Waals surface area (Å²) in [6.45, 7) is 0. The minimum Gasteiger partial charge on any atom is -0.301 e. The molecule has 0 bridgehead atoms. The molecule has 1 heterocycles. The molecule has 0 unspecified atom stereocenters. The van der Waals surface area contributed by atoms with Crippen LogP contribution in [0.15, 0.2) is 16.0 Å². The fraction of sp³-hybridized carbons (Fsp3) is 0.375. The predicted molar refractivity (Wildman–Crippen MR) is 63.6 cm³/mol. The highest BCUT2D eigenvalue weighted by Crippen LogP contribution is 2.27. The van der Waals surface area contributed by atoms with Crippen LogP contribution in [0.4, 0.5) is 13.2 Å². The Kier molecular flexibility index (Phi) is 4.81. The molecule has 0 fully saturated rings. The van der Waals surface area contributed by atoms with Crippen LogP contribution in [-0.2, 0) is 21.0 Å². The van der Waals surface area contributed by atoms with Crippen molar-refractivity contribution < 1.29 is 26.4 Å². The summed E-state index contributed by atoms with van der Waals surface area (Å²) in [6, 6.07) is 0.278. The van der Waals surface area contributed by atoms with Gasteiger partial charge in [-0.1, -0.05) is 11.8 Å². The number of nitrogens with one attached hydrogen (secondary N) is 2. The Morgan fingerprint density at radius 3 is 2.60 bits per heavy atom. The number of thioether (sulfide) groups is 1. The van der Waals surface area contributed by atoms with E-state index in [4.69, 9.17) is 0 Å². The molecule has 2 N–H and O–H groups in total. The quantitative estimate of drug-likeness (QED) is 0.592. The molecule has 1 amide bonds. The van der Waals surface area contributed by atoms with Gasteiger partial charge in [-0.25, -0.2) is 13.4 Å². The average molecular weight is 331 g/mol. The van der Waals surface area contributed by atoms with Crippen LogP contribution in [0.5, 0.6) is 0 Å².